The molecule has 0 saturated carbocycles. The molecular weight excluding hydrogens is 258 g/mol. The Balaban J connectivity index is 2.77. The predicted octanol–water partition coefficient (Wildman–Crippen LogP) is 4.44. The second-order valence-corrected chi connectivity index (χ2v) is 6.78. The maximum Gasteiger partial charge on any atom is 0.0963 e. The fraction of sp³-hybridized carbons (Fsp3) is 0.625. The van der Waals surface area contributed by atoms with Crippen LogP contribution in [0.4, 0.5) is 0 Å². The second kappa shape index (κ2) is 7.28. The summed E-state index contributed by atoms with van der Waals surface area (Å²) < 4.78 is 6.02. The topological polar surface area (TPSA) is 21.3 Å². The van der Waals surface area contributed by atoms with Gasteiger partial charge in [0.05, 0.1) is 6.10 Å². The van der Waals surface area contributed by atoms with Crippen LogP contribution in [-0.4, -0.2) is 18.7 Å². The first-order valence-electron chi connectivity index (χ1n) is 6.90. The minimum absolute atomic E-state index is 0.00433. The fourth-order valence-electron chi connectivity index (χ4n) is 1.70. The summed E-state index contributed by atoms with van der Waals surface area (Å²) in [6, 6.07) is 7.91. The van der Waals surface area contributed by atoms with Crippen molar-refractivity contribution in [1.82, 2.24) is 5.32 Å². The number of rotatable bonds is 6. The molecule has 0 spiro atoms. The normalized spacial score (nSPS) is 13.8. The van der Waals surface area contributed by atoms with E-state index in [-0.39, 0.29) is 11.6 Å². The molecule has 108 valence electrons. The highest BCUT2D eigenvalue weighted by Gasteiger charge is 2.18. The molecule has 3 heteroatoms. The van der Waals surface area contributed by atoms with Gasteiger partial charge in [0.2, 0.25) is 0 Å². The number of halogens is 1. The third-order valence-corrected chi connectivity index (χ3v) is 3.04. The van der Waals surface area contributed by atoms with Crippen LogP contribution < -0.4 is 5.32 Å². The van der Waals surface area contributed by atoms with Gasteiger partial charge in [-0.3, -0.25) is 0 Å². The van der Waals surface area contributed by atoms with E-state index in [9.17, 15) is 0 Å². The SMILES string of the molecule is CC(C)COC(CNC(C)(C)C)c1ccccc1Cl. The maximum atomic E-state index is 6.28. The van der Waals surface area contributed by atoms with Gasteiger partial charge in [-0.15, -0.1) is 0 Å². The molecule has 0 saturated heterocycles. The molecule has 1 unspecified atom stereocenters. The molecule has 0 fully saturated rings. The lowest BCUT2D eigenvalue weighted by Gasteiger charge is -2.27. The van der Waals surface area contributed by atoms with Crippen molar-refractivity contribution in [2.75, 3.05) is 13.2 Å². The molecule has 0 aliphatic carbocycles. The highest BCUT2D eigenvalue weighted by atomic mass is 35.5. The average Bonchev–Trinajstić information content (AvgIpc) is 2.29. The number of benzene rings is 1. The van der Waals surface area contributed by atoms with E-state index in [0.29, 0.717) is 5.92 Å². The molecule has 0 heterocycles. The first kappa shape index (κ1) is 16.5. The van der Waals surface area contributed by atoms with Crippen LogP contribution in [0.5, 0.6) is 0 Å². The van der Waals surface area contributed by atoms with E-state index in [1.807, 2.05) is 24.3 Å². The van der Waals surface area contributed by atoms with Crippen molar-refractivity contribution in [2.24, 2.45) is 5.92 Å². The van der Waals surface area contributed by atoms with Crippen LogP contribution in [0.2, 0.25) is 5.02 Å². The summed E-state index contributed by atoms with van der Waals surface area (Å²) in [5.41, 5.74) is 1.13. The van der Waals surface area contributed by atoms with Gasteiger partial charge in [-0.25, -0.2) is 0 Å². The molecule has 0 aliphatic rings. The molecular formula is C16H26ClNO. The van der Waals surface area contributed by atoms with Gasteiger partial charge in [0.25, 0.3) is 0 Å². The van der Waals surface area contributed by atoms with Crippen molar-refractivity contribution in [3.05, 3.63) is 34.9 Å². The van der Waals surface area contributed by atoms with E-state index in [4.69, 9.17) is 16.3 Å². The molecule has 1 aromatic rings. The quantitative estimate of drug-likeness (QED) is 0.833. The average molecular weight is 284 g/mol. The number of hydrogen-bond donors (Lipinski definition) is 1. The lowest BCUT2D eigenvalue weighted by Crippen LogP contribution is -2.39. The van der Waals surface area contributed by atoms with Crippen LogP contribution in [0.3, 0.4) is 0 Å². The van der Waals surface area contributed by atoms with E-state index in [0.717, 1.165) is 23.7 Å². The molecule has 2 nitrogen and oxygen atoms in total. The maximum absolute atomic E-state index is 6.28. The van der Waals surface area contributed by atoms with E-state index in [1.165, 1.54) is 0 Å². The second-order valence-electron chi connectivity index (χ2n) is 6.37. The Hall–Kier alpha value is -0.570. The molecule has 19 heavy (non-hydrogen) atoms. The zero-order chi connectivity index (χ0) is 14.5. The zero-order valence-corrected chi connectivity index (χ0v) is 13.4. The Kier molecular flexibility index (Phi) is 6.31. The van der Waals surface area contributed by atoms with E-state index in [1.54, 1.807) is 0 Å². The first-order chi connectivity index (χ1) is 8.79. The van der Waals surface area contributed by atoms with Gasteiger partial charge in [0, 0.05) is 29.3 Å². The van der Waals surface area contributed by atoms with E-state index >= 15 is 0 Å². The summed E-state index contributed by atoms with van der Waals surface area (Å²) in [5.74, 6) is 0.514. The summed E-state index contributed by atoms with van der Waals surface area (Å²) in [5, 5.41) is 4.26. The van der Waals surface area contributed by atoms with Crippen LogP contribution >= 0.6 is 11.6 Å². The Morgan fingerprint density at radius 1 is 1.21 bits per heavy atom. The fourth-order valence-corrected chi connectivity index (χ4v) is 1.96. The monoisotopic (exact) mass is 283 g/mol. The Labute approximate surface area is 122 Å². The van der Waals surface area contributed by atoms with Crippen LogP contribution in [0.25, 0.3) is 0 Å². The minimum Gasteiger partial charge on any atom is -0.372 e. The number of hydrogen-bond acceptors (Lipinski definition) is 2. The van der Waals surface area contributed by atoms with Gasteiger partial charge in [0.1, 0.15) is 0 Å². The van der Waals surface area contributed by atoms with Crippen molar-refractivity contribution in [2.45, 2.75) is 46.3 Å². The smallest absolute Gasteiger partial charge is 0.0963 e. The largest absolute Gasteiger partial charge is 0.372 e. The highest BCUT2D eigenvalue weighted by molar-refractivity contribution is 6.31. The molecule has 1 rings (SSSR count). The lowest BCUT2D eigenvalue weighted by atomic mass is 10.1. The summed E-state index contributed by atoms with van der Waals surface area (Å²) >= 11 is 6.28. The third kappa shape index (κ3) is 6.42. The molecule has 0 aromatic heterocycles. The molecule has 1 N–H and O–H groups in total. The van der Waals surface area contributed by atoms with Crippen molar-refractivity contribution < 1.29 is 4.74 Å². The van der Waals surface area contributed by atoms with Crippen molar-refractivity contribution in [3.63, 3.8) is 0 Å². The van der Waals surface area contributed by atoms with Gasteiger partial charge < -0.3 is 10.1 Å². The zero-order valence-electron chi connectivity index (χ0n) is 12.7. The molecule has 0 aliphatic heterocycles. The van der Waals surface area contributed by atoms with Crippen LogP contribution in [0.15, 0.2) is 24.3 Å². The summed E-state index contributed by atoms with van der Waals surface area (Å²) in [6.07, 6.45) is -0.00433. The highest BCUT2D eigenvalue weighted by Crippen LogP contribution is 2.26. The summed E-state index contributed by atoms with van der Waals surface area (Å²) in [7, 11) is 0. The lowest BCUT2D eigenvalue weighted by molar-refractivity contribution is 0.0316. The Morgan fingerprint density at radius 2 is 1.84 bits per heavy atom. The molecule has 0 radical (unpaired) electrons. The van der Waals surface area contributed by atoms with Gasteiger partial charge in [-0.1, -0.05) is 43.6 Å². The van der Waals surface area contributed by atoms with E-state index in [2.05, 4.69) is 39.9 Å². The van der Waals surface area contributed by atoms with Crippen LogP contribution in [-0.2, 0) is 4.74 Å². The molecule has 0 amide bonds. The van der Waals surface area contributed by atoms with Gasteiger partial charge in [-0.05, 0) is 32.8 Å². The van der Waals surface area contributed by atoms with Crippen LogP contribution in [0, 0.1) is 5.92 Å². The molecule has 1 aromatic carbocycles. The van der Waals surface area contributed by atoms with Gasteiger partial charge in [-0.2, -0.15) is 0 Å². The predicted molar refractivity (Wildman–Crippen MR) is 82.7 cm³/mol. The van der Waals surface area contributed by atoms with Gasteiger partial charge >= 0.3 is 0 Å². The summed E-state index contributed by atoms with van der Waals surface area (Å²) in [6.45, 7) is 12.3. The first-order valence-corrected chi connectivity index (χ1v) is 7.28. The third-order valence-electron chi connectivity index (χ3n) is 2.70. The number of nitrogens with one attached hydrogen (secondary N) is 1. The Bertz CT molecular complexity index is 385. The van der Waals surface area contributed by atoms with Crippen LogP contribution in [0.1, 0.15) is 46.3 Å². The summed E-state index contributed by atoms with van der Waals surface area (Å²) in [4.78, 5) is 0. The van der Waals surface area contributed by atoms with Crippen molar-refractivity contribution in [1.29, 1.82) is 0 Å². The standard InChI is InChI=1S/C16H26ClNO/c1-12(2)11-19-15(10-18-16(3,4)5)13-8-6-7-9-14(13)17/h6-9,12,15,18H,10-11H2,1-5H3. The number of ether oxygens (including phenoxy) is 1. The van der Waals surface area contributed by atoms with Crippen molar-refractivity contribution in [3.8, 4) is 0 Å². The van der Waals surface area contributed by atoms with Gasteiger partial charge in [0.15, 0.2) is 0 Å². The Morgan fingerprint density at radius 3 is 2.37 bits per heavy atom. The molecule has 0 bridgehead atoms. The molecule has 1 atom stereocenters. The van der Waals surface area contributed by atoms with E-state index < -0.39 is 0 Å². The van der Waals surface area contributed by atoms with Crippen molar-refractivity contribution >= 4 is 11.6 Å². The minimum atomic E-state index is -0.00433.